The van der Waals surface area contributed by atoms with Crippen LogP contribution in [0.15, 0.2) is 12.4 Å². The van der Waals surface area contributed by atoms with E-state index in [0.717, 1.165) is 5.82 Å². The topological polar surface area (TPSA) is 39.5 Å². The zero-order valence-electron chi connectivity index (χ0n) is 13.4. The van der Waals surface area contributed by atoms with Crippen LogP contribution in [0.1, 0.15) is 39.6 Å². The van der Waals surface area contributed by atoms with Gasteiger partial charge >= 0.3 is 0 Å². The molecule has 0 bridgehead atoms. The molecule has 5 heteroatoms. The molecule has 0 amide bonds. The molecule has 0 spiro atoms. The summed E-state index contributed by atoms with van der Waals surface area (Å²) in [5.74, 6) is 2.01. The highest BCUT2D eigenvalue weighted by molar-refractivity contribution is 5.03. The molecule has 1 unspecified atom stereocenters. The van der Waals surface area contributed by atoms with Gasteiger partial charge in [0.25, 0.3) is 0 Å². The molecule has 3 atom stereocenters. The summed E-state index contributed by atoms with van der Waals surface area (Å²) in [6, 6.07) is 0.541. The van der Waals surface area contributed by atoms with Crippen LogP contribution in [-0.2, 0) is 16.5 Å². The van der Waals surface area contributed by atoms with Crippen LogP contribution >= 0.6 is 0 Å². The Morgan fingerprint density at radius 1 is 1.35 bits per heavy atom. The molecule has 1 fully saturated rings. The third-order valence-electron chi connectivity index (χ3n) is 4.08. The average Bonchev–Trinajstić information content (AvgIpc) is 2.97. The van der Waals surface area contributed by atoms with Crippen LogP contribution in [-0.4, -0.2) is 40.6 Å². The van der Waals surface area contributed by atoms with E-state index in [0.29, 0.717) is 24.5 Å². The summed E-state index contributed by atoms with van der Waals surface area (Å²) in [6.45, 7) is 9.62. The van der Waals surface area contributed by atoms with Crippen molar-refractivity contribution in [3.05, 3.63) is 18.2 Å². The highest BCUT2D eigenvalue weighted by atomic mass is 16.7. The van der Waals surface area contributed by atoms with Gasteiger partial charge in [0.05, 0.1) is 12.6 Å². The molecular weight excluding hydrogens is 254 g/mol. The van der Waals surface area contributed by atoms with E-state index in [1.165, 1.54) is 0 Å². The molecule has 1 saturated heterocycles. The zero-order valence-corrected chi connectivity index (χ0v) is 13.4. The van der Waals surface area contributed by atoms with Crippen molar-refractivity contribution in [1.29, 1.82) is 0 Å². The molecule has 1 aliphatic rings. The van der Waals surface area contributed by atoms with E-state index < -0.39 is 0 Å². The van der Waals surface area contributed by atoms with Crippen LogP contribution in [0.25, 0.3) is 0 Å². The summed E-state index contributed by atoms with van der Waals surface area (Å²) >= 11 is 0. The molecule has 5 nitrogen and oxygen atoms in total. The standard InChI is InChI=1S/C15H27N3O2/c1-10(2)12-9-20-15(19-6)18(12)13(11(3)4)14-16-7-8-17(14)5/h7-8,10-13,15H,9H2,1-6H3/t12-,13-,15?/m1/s1. The number of rotatable bonds is 5. The van der Waals surface area contributed by atoms with Crippen LogP contribution < -0.4 is 0 Å². The quantitative estimate of drug-likeness (QED) is 0.831. The number of imidazole rings is 1. The van der Waals surface area contributed by atoms with Gasteiger partial charge in [-0.05, 0) is 11.8 Å². The molecule has 0 aromatic carbocycles. The van der Waals surface area contributed by atoms with Crippen molar-refractivity contribution >= 4 is 0 Å². The summed E-state index contributed by atoms with van der Waals surface area (Å²) in [4.78, 5) is 6.90. The van der Waals surface area contributed by atoms with Crippen LogP contribution in [0.3, 0.4) is 0 Å². The molecule has 1 aromatic heterocycles. The highest BCUT2D eigenvalue weighted by Crippen LogP contribution is 2.36. The van der Waals surface area contributed by atoms with E-state index in [1.807, 2.05) is 19.4 Å². The van der Waals surface area contributed by atoms with Gasteiger partial charge in [0.2, 0.25) is 6.41 Å². The van der Waals surface area contributed by atoms with Crippen molar-refractivity contribution in [3.8, 4) is 0 Å². The molecular formula is C15H27N3O2. The second-order valence-electron chi connectivity index (χ2n) is 6.22. The Balaban J connectivity index is 2.38. The highest BCUT2D eigenvalue weighted by Gasteiger charge is 2.43. The summed E-state index contributed by atoms with van der Waals surface area (Å²) < 4.78 is 13.5. The molecule has 1 aromatic rings. The van der Waals surface area contributed by atoms with Gasteiger partial charge in [0.1, 0.15) is 5.82 Å². The molecule has 0 saturated carbocycles. The molecule has 1 aliphatic heterocycles. The predicted molar refractivity (Wildman–Crippen MR) is 78.0 cm³/mol. The molecule has 114 valence electrons. The fraction of sp³-hybridized carbons (Fsp3) is 0.800. The Labute approximate surface area is 121 Å². The minimum atomic E-state index is -0.286. The van der Waals surface area contributed by atoms with Gasteiger partial charge in [-0.3, -0.25) is 0 Å². The van der Waals surface area contributed by atoms with Gasteiger partial charge in [0, 0.05) is 32.6 Å². The smallest absolute Gasteiger partial charge is 0.219 e. The monoisotopic (exact) mass is 281 g/mol. The maximum Gasteiger partial charge on any atom is 0.219 e. The fourth-order valence-electron chi connectivity index (χ4n) is 3.01. The fourth-order valence-corrected chi connectivity index (χ4v) is 3.01. The van der Waals surface area contributed by atoms with Crippen LogP contribution in [0.2, 0.25) is 0 Å². The predicted octanol–water partition coefficient (Wildman–Crippen LogP) is 2.40. The molecule has 2 heterocycles. The maximum absolute atomic E-state index is 5.82. The Morgan fingerprint density at radius 3 is 2.50 bits per heavy atom. The van der Waals surface area contributed by atoms with Crippen LogP contribution in [0.4, 0.5) is 0 Å². The average molecular weight is 281 g/mol. The number of ether oxygens (including phenoxy) is 2. The van der Waals surface area contributed by atoms with Crippen molar-refractivity contribution in [2.45, 2.75) is 46.2 Å². The second-order valence-corrected chi connectivity index (χ2v) is 6.22. The molecule has 0 radical (unpaired) electrons. The van der Waals surface area contributed by atoms with E-state index in [9.17, 15) is 0 Å². The van der Waals surface area contributed by atoms with E-state index in [1.54, 1.807) is 7.11 Å². The largest absolute Gasteiger partial charge is 0.343 e. The second kappa shape index (κ2) is 6.24. The van der Waals surface area contributed by atoms with Gasteiger partial charge in [-0.1, -0.05) is 27.7 Å². The number of methoxy groups -OCH3 is 1. The SMILES string of the molecule is COC1OC[C@H](C(C)C)N1[C@@H](c1nccn1C)C(C)C. The van der Waals surface area contributed by atoms with E-state index in [2.05, 4.69) is 42.1 Å². The molecule has 2 rings (SSSR count). The first-order valence-electron chi connectivity index (χ1n) is 7.36. The first-order chi connectivity index (χ1) is 9.47. The van der Waals surface area contributed by atoms with E-state index in [4.69, 9.17) is 9.47 Å². The van der Waals surface area contributed by atoms with Gasteiger partial charge < -0.3 is 14.0 Å². The molecule has 0 aliphatic carbocycles. The first-order valence-corrected chi connectivity index (χ1v) is 7.36. The van der Waals surface area contributed by atoms with Crippen molar-refractivity contribution in [3.63, 3.8) is 0 Å². The third kappa shape index (κ3) is 2.75. The number of aryl methyl sites for hydroxylation is 1. The van der Waals surface area contributed by atoms with Gasteiger partial charge in [-0.2, -0.15) is 0 Å². The Hall–Kier alpha value is -0.910. The maximum atomic E-state index is 5.82. The van der Waals surface area contributed by atoms with Gasteiger partial charge in [-0.25, -0.2) is 9.88 Å². The third-order valence-corrected chi connectivity index (χ3v) is 4.08. The van der Waals surface area contributed by atoms with Crippen molar-refractivity contribution in [2.75, 3.05) is 13.7 Å². The lowest BCUT2D eigenvalue weighted by Crippen LogP contribution is -2.45. The minimum absolute atomic E-state index is 0.190. The summed E-state index contributed by atoms with van der Waals surface area (Å²) in [7, 11) is 3.75. The summed E-state index contributed by atoms with van der Waals surface area (Å²) in [5, 5.41) is 0. The normalized spacial score (nSPS) is 25.8. The van der Waals surface area contributed by atoms with Crippen LogP contribution in [0, 0.1) is 11.8 Å². The lowest BCUT2D eigenvalue weighted by molar-refractivity contribution is -0.178. The van der Waals surface area contributed by atoms with E-state index >= 15 is 0 Å². The summed E-state index contributed by atoms with van der Waals surface area (Å²) in [5.41, 5.74) is 0. The number of hydrogen-bond donors (Lipinski definition) is 0. The van der Waals surface area contributed by atoms with Gasteiger partial charge in [0.15, 0.2) is 0 Å². The Morgan fingerprint density at radius 2 is 2.05 bits per heavy atom. The molecule has 0 N–H and O–H groups in total. The Kier molecular flexibility index (Phi) is 4.83. The number of nitrogens with zero attached hydrogens (tertiary/aromatic N) is 3. The summed E-state index contributed by atoms with van der Waals surface area (Å²) in [6.07, 6.45) is 3.56. The lowest BCUT2D eigenvalue weighted by atomic mass is 9.96. The minimum Gasteiger partial charge on any atom is -0.343 e. The zero-order chi connectivity index (χ0) is 14.9. The number of hydrogen-bond acceptors (Lipinski definition) is 4. The first kappa shape index (κ1) is 15.5. The van der Waals surface area contributed by atoms with Crippen molar-refractivity contribution < 1.29 is 9.47 Å². The van der Waals surface area contributed by atoms with Crippen molar-refractivity contribution in [1.82, 2.24) is 14.5 Å². The van der Waals surface area contributed by atoms with Gasteiger partial charge in [-0.15, -0.1) is 0 Å². The Bertz CT molecular complexity index is 431. The van der Waals surface area contributed by atoms with E-state index in [-0.39, 0.29) is 12.5 Å². The van der Waals surface area contributed by atoms with Crippen LogP contribution in [0.5, 0.6) is 0 Å². The number of aromatic nitrogens is 2. The van der Waals surface area contributed by atoms with Crippen molar-refractivity contribution in [2.24, 2.45) is 18.9 Å². The lowest BCUT2D eigenvalue weighted by Gasteiger charge is -2.38. The molecule has 20 heavy (non-hydrogen) atoms.